The number of aromatic nitrogens is 3. The second-order valence-corrected chi connectivity index (χ2v) is 9.78. The van der Waals surface area contributed by atoms with E-state index in [9.17, 15) is 4.79 Å². The Labute approximate surface area is 196 Å². The number of carbonyl (C=O) groups is 1. The molecular formula is C23H25ClN6OS. The minimum absolute atomic E-state index is 0.225. The molecule has 32 heavy (non-hydrogen) atoms. The average Bonchev–Trinajstić information content (AvgIpc) is 3.33. The number of hydrogen-bond donors (Lipinski definition) is 0. The van der Waals surface area contributed by atoms with Gasteiger partial charge in [-0.05, 0) is 32.5 Å². The van der Waals surface area contributed by atoms with E-state index in [1.54, 1.807) is 11.3 Å². The molecule has 0 N–H and O–H groups in total. The summed E-state index contributed by atoms with van der Waals surface area (Å²) in [5.41, 5.74) is 2.79. The second kappa shape index (κ2) is 8.77. The van der Waals surface area contributed by atoms with E-state index >= 15 is 0 Å². The van der Waals surface area contributed by atoms with Gasteiger partial charge in [-0.1, -0.05) is 29.8 Å². The van der Waals surface area contributed by atoms with Gasteiger partial charge in [0, 0.05) is 53.6 Å². The fourth-order valence-corrected chi connectivity index (χ4v) is 5.67. The third-order valence-corrected chi connectivity index (χ3v) is 7.57. The number of hydrogen-bond acceptors (Lipinski definition) is 6. The van der Waals surface area contributed by atoms with Crippen molar-refractivity contribution in [1.82, 2.24) is 24.6 Å². The molecule has 0 spiro atoms. The molecule has 0 saturated carbocycles. The number of rotatable bonds is 4. The third kappa shape index (κ3) is 3.98. The van der Waals surface area contributed by atoms with Gasteiger partial charge in [0.15, 0.2) is 5.82 Å². The Morgan fingerprint density at radius 1 is 1.12 bits per heavy atom. The van der Waals surface area contributed by atoms with E-state index in [0.717, 1.165) is 64.5 Å². The van der Waals surface area contributed by atoms with Gasteiger partial charge in [-0.3, -0.25) is 14.4 Å². The number of thiophene rings is 1. The summed E-state index contributed by atoms with van der Waals surface area (Å²) < 4.78 is 2.08. The molecule has 0 unspecified atom stereocenters. The zero-order valence-corrected chi connectivity index (χ0v) is 19.8. The topological polar surface area (TPSA) is 66.6 Å². The standard InChI is InChI=1S/C23H25ClN6OS/c1-15-26-27-20-14-25-22(17-5-3-4-6-19(17)24)18-13-16(32-23(18)30(15)20)7-8-21(31)29-11-9-28(2)10-12-29/h3-6,13H,7-12,14H2,1-2H3. The maximum Gasteiger partial charge on any atom is 0.223 e. The largest absolute Gasteiger partial charge is 0.340 e. The highest BCUT2D eigenvalue weighted by atomic mass is 35.5. The summed E-state index contributed by atoms with van der Waals surface area (Å²) in [7, 11) is 2.10. The molecule has 1 saturated heterocycles. The lowest BCUT2D eigenvalue weighted by atomic mass is 10.0. The molecule has 0 bridgehead atoms. The number of amides is 1. The molecular weight excluding hydrogens is 444 g/mol. The molecule has 2 aliphatic rings. The van der Waals surface area contributed by atoms with Gasteiger partial charge in [0.1, 0.15) is 17.4 Å². The highest BCUT2D eigenvalue weighted by Gasteiger charge is 2.26. The number of likely N-dealkylation sites (N-methyl/N-ethyl adjacent to an activating group) is 1. The van der Waals surface area contributed by atoms with Crippen molar-refractivity contribution >= 4 is 34.6 Å². The van der Waals surface area contributed by atoms with Crippen LogP contribution in [-0.4, -0.2) is 69.4 Å². The van der Waals surface area contributed by atoms with E-state index < -0.39 is 0 Å². The third-order valence-electron chi connectivity index (χ3n) is 6.06. The Hall–Kier alpha value is -2.55. The monoisotopic (exact) mass is 468 g/mol. The predicted octanol–water partition coefficient (Wildman–Crippen LogP) is 3.35. The Kier molecular flexibility index (Phi) is 5.84. The highest BCUT2D eigenvalue weighted by molar-refractivity contribution is 7.15. The number of piperazine rings is 1. The summed E-state index contributed by atoms with van der Waals surface area (Å²) in [4.78, 5) is 23.0. The van der Waals surface area contributed by atoms with Gasteiger partial charge in [0.2, 0.25) is 5.91 Å². The zero-order valence-electron chi connectivity index (χ0n) is 18.2. The van der Waals surface area contributed by atoms with Crippen LogP contribution < -0.4 is 0 Å². The molecule has 2 aromatic heterocycles. The van der Waals surface area contributed by atoms with E-state index in [0.29, 0.717) is 24.4 Å². The van der Waals surface area contributed by atoms with Crippen LogP contribution in [0.15, 0.2) is 35.3 Å². The minimum atomic E-state index is 0.225. The van der Waals surface area contributed by atoms with E-state index in [2.05, 4.69) is 32.8 Å². The molecule has 0 atom stereocenters. The first-order valence-electron chi connectivity index (χ1n) is 10.8. The van der Waals surface area contributed by atoms with Gasteiger partial charge < -0.3 is 9.80 Å². The van der Waals surface area contributed by atoms with Crippen molar-refractivity contribution < 1.29 is 4.79 Å². The Bertz CT molecular complexity index is 1190. The van der Waals surface area contributed by atoms with Crippen molar-refractivity contribution in [3.05, 3.63) is 63.0 Å². The number of halogens is 1. The first-order chi connectivity index (χ1) is 15.5. The summed E-state index contributed by atoms with van der Waals surface area (Å²) in [6.07, 6.45) is 1.21. The quantitative estimate of drug-likeness (QED) is 0.589. The number of benzene rings is 1. The van der Waals surface area contributed by atoms with E-state index in [4.69, 9.17) is 16.6 Å². The van der Waals surface area contributed by atoms with Gasteiger partial charge in [0.05, 0.1) is 5.71 Å². The van der Waals surface area contributed by atoms with E-state index in [1.807, 2.05) is 36.1 Å². The second-order valence-electron chi connectivity index (χ2n) is 8.26. The van der Waals surface area contributed by atoms with Gasteiger partial charge in [-0.15, -0.1) is 21.5 Å². The van der Waals surface area contributed by atoms with Crippen LogP contribution in [0, 0.1) is 6.92 Å². The van der Waals surface area contributed by atoms with Crippen LogP contribution in [0.4, 0.5) is 0 Å². The molecule has 1 amide bonds. The Morgan fingerprint density at radius 2 is 1.91 bits per heavy atom. The molecule has 4 heterocycles. The predicted molar refractivity (Wildman–Crippen MR) is 127 cm³/mol. The van der Waals surface area contributed by atoms with Gasteiger partial charge in [-0.2, -0.15) is 0 Å². The molecule has 166 valence electrons. The summed E-state index contributed by atoms with van der Waals surface area (Å²) in [5.74, 6) is 1.87. The number of aryl methyl sites for hydroxylation is 2. The van der Waals surface area contributed by atoms with Crippen molar-refractivity contribution in [3.63, 3.8) is 0 Å². The SMILES string of the molecule is Cc1nnc2n1-c1sc(CCC(=O)N3CCN(C)CC3)cc1C(c1ccccc1Cl)=NC2. The van der Waals surface area contributed by atoms with Gasteiger partial charge in [-0.25, -0.2) is 0 Å². The van der Waals surface area contributed by atoms with Gasteiger partial charge in [0.25, 0.3) is 0 Å². The number of aliphatic imine (C=N–C) groups is 1. The number of carbonyl (C=O) groups excluding carboxylic acids is 1. The highest BCUT2D eigenvalue weighted by Crippen LogP contribution is 2.35. The summed E-state index contributed by atoms with van der Waals surface area (Å²) >= 11 is 8.22. The molecule has 0 aliphatic carbocycles. The van der Waals surface area contributed by atoms with Crippen molar-refractivity contribution in [3.8, 4) is 5.00 Å². The van der Waals surface area contributed by atoms with Crippen molar-refractivity contribution in [2.75, 3.05) is 33.2 Å². The summed E-state index contributed by atoms with van der Waals surface area (Å²) in [5, 5.41) is 10.3. The molecule has 3 aromatic rings. The lowest BCUT2D eigenvalue weighted by Gasteiger charge is -2.32. The average molecular weight is 469 g/mol. The lowest BCUT2D eigenvalue weighted by Crippen LogP contribution is -2.47. The van der Waals surface area contributed by atoms with E-state index in [1.165, 1.54) is 0 Å². The molecule has 1 aromatic carbocycles. The fourth-order valence-electron chi connectivity index (χ4n) is 4.23. The Morgan fingerprint density at radius 3 is 2.69 bits per heavy atom. The van der Waals surface area contributed by atoms with Crippen LogP contribution in [0.2, 0.25) is 5.02 Å². The van der Waals surface area contributed by atoms with Crippen molar-refractivity contribution in [2.24, 2.45) is 4.99 Å². The fraction of sp³-hybridized carbons (Fsp3) is 0.391. The smallest absolute Gasteiger partial charge is 0.223 e. The molecule has 1 fully saturated rings. The van der Waals surface area contributed by atoms with Crippen molar-refractivity contribution in [2.45, 2.75) is 26.3 Å². The molecule has 9 heteroatoms. The zero-order chi connectivity index (χ0) is 22.2. The molecule has 0 radical (unpaired) electrons. The number of nitrogens with zero attached hydrogens (tertiary/aromatic N) is 6. The first kappa shape index (κ1) is 21.3. The first-order valence-corrected chi connectivity index (χ1v) is 12.0. The summed E-state index contributed by atoms with van der Waals surface area (Å²) in [6.45, 7) is 5.89. The normalized spacial score (nSPS) is 16.3. The molecule has 5 rings (SSSR count). The Balaban J connectivity index is 1.45. The number of fused-ring (bicyclic) bond motifs is 3. The van der Waals surface area contributed by atoms with E-state index in [-0.39, 0.29) is 5.91 Å². The van der Waals surface area contributed by atoms with Crippen LogP contribution in [0.3, 0.4) is 0 Å². The van der Waals surface area contributed by atoms with Crippen LogP contribution in [0.5, 0.6) is 0 Å². The van der Waals surface area contributed by atoms with Crippen LogP contribution in [0.1, 0.15) is 34.1 Å². The van der Waals surface area contributed by atoms with Crippen LogP contribution >= 0.6 is 22.9 Å². The molecule has 2 aliphatic heterocycles. The summed E-state index contributed by atoms with van der Waals surface area (Å²) in [6, 6.07) is 9.94. The maximum atomic E-state index is 12.8. The maximum absolute atomic E-state index is 12.8. The minimum Gasteiger partial charge on any atom is -0.340 e. The molecule has 7 nitrogen and oxygen atoms in total. The lowest BCUT2D eigenvalue weighted by molar-refractivity contribution is -0.132. The van der Waals surface area contributed by atoms with Crippen LogP contribution in [0.25, 0.3) is 5.00 Å². The van der Waals surface area contributed by atoms with Crippen molar-refractivity contribution in [1.29, 1.82) is 0 Å². The van der Waals surface area contributed by atoms with Gasteiger partial charge >= 0.3 is 0 Å². The van der Waals surface area contributed by atoms with Crippen LogP contribution in [-0.2, 0) is 17.8 Å².